The molecule has 1 saturated heterocycles. The highest BCUT2D eigenvalue weighted by Gasteiger charge is 2.28. The molecular weight excluding hydrogens is 424 g/mol. The number of hydrogen-bond acceptors (Lipinski definition) is 6. The number of pyridine rings is 1. The van der Waals surface area contributed by atoms with Crippen LogP contribution < -0.4 is 10.5 Å². The summed E-state index contributed by atoms with van der Waals surface area (Å²) in [5.41, 5.74) is 0.378. The molecule has 8 nitrogen and oxygen atoms in total. The van der Waals surface area contributed by atoms with E-state index in [4.69, 9.17) is 0 Å². The summed E-state index contributed by atoms with van der Waals surface area (Å²) in [5.74, 6) is -0.325. The van der Waals surface area contributed by atoms with Gasteiger partial charge in [0.05, 0.1) is 15.1 Å². The van der Waals surface area contributed by atoms with E-state index < -0.39 is 15.6 Å². The van der Waals surface area contributed by atoms with Gasteiger partial charge in [-0.2, -0.15) is 4.31 Å². The number of benzene rings is 1. The minimum Gasteiger partial charge on any atom is -0.305 e. The molecule has 10 heteroatoms. The normalized spacial score (nSPS) is 15.0. The number of aromatic nitrogens is 2. The Kier molecular flexibility index (Phi) is 5.72. The first kappa shape index (κ1) is 20.7. The maximum absolute atomic E-state index is 13.0. The van der Waals surface area contributed by atoms with Crippen LogP contribution in [0.3, 0.4) is 0 Å². The molecule has 0 aliphatic carbocycles. The summed E-state index contributed by atoms with van der Waals surface area (Å²) in [6.07, 6.45) is 2.91. The minimum absolute atomic E-state index is 0.0276. The SMILES string of the molecule is CCN(C(=O)Cn1cc(S(=O)(=O)N2CCCC2)ccc1=O)c1nc2ccccc2s1. The third-order valence-electron chi connectivity index (χ3n) is 5.10. The van der Waals surface area contributed by atoms with Crippen LogP contribution in [-0.4, -0.2) is 47.8 Å². The highest BCUT2D eigenvalue weighted by Crippen LogP contribution is 2.28. The van der Waals surface area contributed by atoms with Crippen molar-refractivity contribution in [1.82, 2.24) is 13.9 Å². The van der Waals surface area contributed by atoms with Gasteiger partial charge < -0.3 is 4.57 Å². The number of amides is 1. The fourth-order valence-corrected chi connectivity index (χ4v) is 6.07. The number of sulfonamides is 1. The molecule has 2 aromatic heterocycles. The van der Waals surface area contributed by atoms with Crippen molar-refractivity contribution in [3.63, 3.8) is 0 Å². The number of rotatable bonds is 6. The average molecular weight is 447 g/mol. The molecule has 0 bridgehead atoms. The van der Waals surface area contributed by atoms with Gasteiger partial charge in [0.2, 0.25) is 15.9 Å². The van der Waals surface area contributed by atoms with Gasteiger partial charge in [-0.1, -0.05) is 23.5 Å². The van der Waals surface area contributed by atoms with Gasteiger partial charge in [-0.25, -0.2) is 13.4 Å². The van der Waals surface area contributed by atoms with Crippen molar-refractivity contribution in [3.05, 3.63) is 52.9 Å². The first-order valence-electron chi connectivity index (χ1n) is 9.77. The van der Waals surface area contributed by atoms with Crippen molar-refractivity contribution in [3.8, 4) is 0 Å². The Morgan fingerprint density at radius 3 is 2.60 bits per heavy atom. The maximum atomic E-state index is 13.0. The summed E-state index contributed by atoms with van der Waals surface area (Å²) in [6, 6.07) is 10.1. The van der Waals surface area contributed by atoms with Crippen LogP contribution in [0.25, 0.3) is 10.2 Å². The number of para-hydroxylation sites is 1. The van der Waals surface area contributed by atoms with Crippen LogP contribution in [0.1, 0.15) is 19.8 Å². The predicted octanol–water partition coefficient (Wildman–Crippen LogP) is 2.30. The number of hydrogen-bond donors (Lipinski definition) is 0. The molecule has 4 rings (SSSR count). The number of carbonyl (C=O) groups is 1. The Labute approximate surface area is 178 Å². The molecule has 1 aliphatic heterocycles. The zero-order valence-electron chi connectivity index (χ0n) is 16.5. The van der Waals surface area contributed by atoms with Crippen molar-refractivity contribution >= 4 is 42.6 Å². The lowest BCUT2D eigenvalue weighted by molar-refractivity contribution is -0.119. The largest absolute Gasteiger partial charge is 0.305 e. The fourth-order valence-electron chi connectivity index (χ4n) is 3.49. The lowest BCUT2D eigenvalue weighted by Crippen LogP contribution is -2.37. The zero-order chi connectivity index (χ0) is 21.3. The van der Waals surface area contributed by atoms with Gasteiger partial charge in [0.1, 0.15) is 6.54 Å². The van der Waals surface area contributed by atoms with Gasteiger partial charge in [-0.3, -0.25) is 14.5 Å². The lowest BCUT2D eigenvalue weighted by atomic mass is 10.3. The van der Waals surface area contributed by atoms with Crippen molar-refractivity contribution in [2.75, 3.05) is 24.5 Å². The molecule has 1 aliphatic rings. The van der Waals surface area contributed by atoms with Crippen molar-refractivity contribution in [2.24, 2.45) is 0 Å². The molecule has 0 N–H and O–H groups in total. The van der Waals surface area contributed by atoms with E-state index >= 15 is 0 Å². The number of thiazole rings is 1. The Bertz CT molecular complexity index is 1210. The first-order chi connectivity index (χ1) is 14.4. The van der Waals surface area contributed by atoms with Crippen LogP contribution >= 0.6 is 11.3 Å². The quantitative estimate of drug-likeness (QED) is 0.579. The van der Waals surface area contributed by atoms with Gasteiger partial charge in [0.15, 0.2) is 5.13 Å². The fraction of sp³-hybridized carbons (Fsp3) is 0.350. The van der Waals surface area contributed by atoms with Crippen molar-refractivity contribution in [2.45, 2.75) is 31.2 Å². The summed E-state index contributed by atoms with van der Waals surface area (Å²) < 4.78 is 29.1. The van der Waals surface area contributed by atoms with Crippen LogP contribution in [0.4, 0.5) is 5.13 Å². The van der Waals surface area contributed by atoms with E-state index in [1.54, 1.807) is 0 Å². The molecule has 158 valence electrons. The van der Waals surface area contributed by atoms with E-state index in [9.17, 15) is 18.0 Å². The molecule has 1 aromatic carbocycles. The number of nitrogens with zero attached hydrogens (tertiary/aromatic N) is 4. The molecule has 0 unspecified atom stereocenters. The van der Waals surface area contributed by atoms with Crippen LogP contribution in [0.15, 0.2) is 52.3 Å². The van der Waals surface area contributed by atoms with Crippen LogP contribution in [0, 0.1) is 0 Å². The molecule has 30 heavy (non-hydrogen) atoms. The molecule has 1 fully saturated rings. The lowest BCUT2D eigenvalue weighted by Gasteiger charge is -2.19. The predicted molar refractivity (Wildman–Crippen MR) is 116 cm³/mol. The van der Waals surface area contributed by atoms with E-state index in [2.05, 4.69) is 4.98 Å². The summed E-state index contributed by atoms with van der Waals surface area (Å²) in [6.45, 7) is 2.91. The molecule has 0 spiro atoms. The van der Waals surface area contributed by atoms with Crippen LogP contribution in [0.5, 0.6) is 0 Å². The Morgan fingerprint density at radius 2 is 1.90 bits per heavy atom. The number of likely N-dealkylation sites (N-methyl/N-ethyl adjacent to an activating group) is 1. The molecule has 3 heterocycles. The summed E-state index contributed by atoms with van der Waals surface area (Å²) >= 11 is 1.40. The molecular formula is C20H22N4O4S2. The molecule has 3 aromatic rings. The van der Waals surface area contributed by atoms with E-state index in [1.165, 1.54) is 38.9 Å². The topological polar surface area (TPSA) is 92.6 Å². The van der Waals surface area contributed by atoms with Crippen molar-refractivity contribution < 1.29 is 13.2 Å². The van der Waals surface area contributed by atoms with Gasteiger partial charge in [-0.15, -0.1) is 0 Å². The van der Waals surface area contributed by atoms with Gasteiger partial charge >= 0.3 is 0 Å². The molecule has 0 radical (unpaired) electrons. The smallest absolute Gasteiger partial charge is 0.251 e. The van der Waals surface area contributed by atoms with E-state index in [0.717, 1.165) is 27.6 Å². The second-order valence-electron chi connectivity index (χ2n) is 7.04. The molecule has 0 atom stereocenters. The van der Waals surface area contributed by atoms with Gasteiger partial charge in [0, 0.05) is 31.9 Å². The second kappa shape index (κ2) is 8.29. The van der Waals surface area contributed by atoms with Gasteiger partial charge in [0.25, 0.3) is 5.56 Å². The van der Waals surface area contributed by atoms with Crippen molar-refractivity contribution in [1.29, 1.82) is 0 Å². The highest BCUT2D eigenvalue weighted by atomic mass is 32.2. The number of carbonyl (C=O) groups excluding carboxylic acids is 1. The van der Waals surface area contributed by atoms with Gasteiger partial charge in [-0.05, 0) is 38.0 Å². The molecule has 1 amide bonds. The Morgan fingerprint density at radius 1 is 1.17 bits per heavy atom. The first-order valence-corrected chi connectivity index (χ1v) is 12.0. The summed E-state index contributed by atoms with van der Waals surface area (Å²) in [4.78, 5) is 31.3. The minimum atomic E-state index is -3.67. The summed E-state index contributed by atoms with van der Waals surface area (Å²) in [5, 5.41) is 0.553. The number of anilines is 1. The average Bonchev–Trinajstić information content (AvgIpc) is 3.40. The van der Waals surface area contributed by atoms with E-state index in [1.807, 2.05) is 31.2 Å². The van der Waals surface area contributed by atoms with Crippen LogP contribution in [-0.2, 0) is 21.4 Å². The second-order valence-corrected chi connectivity index (χ2v) is 9.99. The van der Waals surface area contributed by atoms with E-state index in [-0.39, 0.29) is 17.3 Å². The zero-order valence-corrected chi connectivity index (χ0v) is 18.2. The van der Waals surface area contributed by atoms with Crippen LogP contribution in [0.2, 0.25) is 0 Å². The maximum Gasteiger partial charge on any atom is 0.251 e. The van der Waals surface area contributed by atoms with E-state index in [0.29, 0.717) is 24.8 Å². The summed E-state index contributed by atoms with van der Waals surface area (Å²) in [7, 11) is -3.67. The molecule has 0 saturated carbocycles. The monoisotopic (exact) mass is 446 g/mol. The highest BCUT2D eigenvalue weighted by molar-refractivity contribution is 7.89. The Balaban J connectivity index is 1.61. The third kappa shape index (κ3) is 3.90. The standard InChI is InChI=1S/C20H22N4O4S2/c1-2-24(20-21-16-7-3-4-8-17(16)29-20)19(26)14-22-13-15(9-10-18(22)25)30(27,28)23-11-5-6-12-23/h3-4,7-10,13H,2,5-6,11-12,14H2,1H3. The Hall–Kier alpha value is -2.56. The third-order valence-corrected chi connectivity index (χ3v) is 8.04. The number of fused-ring (bicyclic) bond motifs is 1.